The van der Waals surface area contributed by atoms with Crippen molar-refractivity contribution in [2.75, 3.05) is 11.4 Å². The molecule has 1 aromatic rings. The van der Waals surface area contributed by atoms with E-state index in [0.29, 0.717) is 19.4 Å². The smallest absolute Gasteiger partial charge is 0.247 e. The largest absolute Gasteiger partial charge is 0.311 e. The maximum absolute atomic E-state index is 12.9. The Bertz CT molecular complexity index is 524. The third kappa shape index (κ3) is 2.56. The Morgan fingerprint density at radius 1 is 1.30 bits per heavy atom. The molecule has 0 atom stereocenters. The summed E-state index contributed by atoms with van der Waals surface area (Å²) in [6, 6.07) is 10.2. The van der Waals surface area contributed by atoms with Gasteiger partial charge in [-0.25, -0.2) is 0 Å². The minimum absolute atomic E-state index is 0.0171. The summed E-state index contributed by atoms with van der Waals surface area (Å²) in [6.07, 6.45) is 4.48. The van der Waals surface area contributed by atoms with Crippen LogP contribution in [-0.2, 0) is 4.79 Å². The highest BCUT2D eigenvalue weighted by Gasteiger charge is 2.42. The molecule has 0 bridgehead atoms. The zero-order valence-corrected chi connectivity index (χ0v) is 12.4. The summed E-state index contributed by atoms with van der Waals surface area (Å²) in [5.41, 5.74) is 1.20. The van der Waals surface area contributed by atoms with Crippen LogP contribution in [0.3, 0.4) is 0 Å². The quantitative estimate of drug-likeness (QED) is 0.838. The highest BCUT2D eigenvalue weighted by molar-refractivity contribution is 5.99. The Kier molecular flexibility index (Phi) is 4.44. The number of nitriles is 1. The molecule has 0 unspecified atom stereocenters. The lowest BCUT2D eigenvalue weighted by molar-refractivity contribution is -0.126. The van der Waals surface area contributed by atoms with Gasteiger partial charge in [-0.05, 0) is 38.3 Å². The number of aryl methyl sites for hydroxylation is 1. The maximum atomic E-state index is 12.9. The van der Waals surface area contributed by atoms with Gasteiger partial charge in [-0.3, -0.25) is 4.79 Å². The number of nitrogens with zero attached hydrogens (tertiary/aromatic N) is 2. The normalized spacial score (nSPS) is 17.2. The van der Waals surface area contributed by atoms with E-state index in [-0.39, 0.29) is 5.91 Å². The van der Waals surface area contributed by atoms with Gasteiger partial charge in [0, 0.05) is 12.2 Å². The van der Waals surface area contributed by atoms with E-state index in [1.807, 2.05) is 38.1 Å². The first kappa shape index (κ1) is 14.6. The first-order valence-corrected chi connectivity index (χ1v) is 7.43. The van der Waals surface area contributed by atoms with Crippen molar-refractivity contribution in [3.05, 3.63) is 29.8 Å². The lowest BCUT2D eigenvalue weighted by atomic mass is 9.74. The van der Waals surface area contributed by atoms with Crippen molar-refractivity contribution in [3.8, 4) is 6.07 Å². The van der Waals surface area contributed by atoms with E-state index in [0.717, 1.165) is 30.5 Å². The van der Waals surface area contributed by atoms with Gasteiger partial charge in [-0.2, -0.15) is 5.26 Å². The van der Waals surface area contributed by atoms with Crippen molar-refractivity contribution in [2.24, 2.45) is 5.41 Å². The monoisotopic (exact) mass is 270 g/mol. The standard InChI is InChI=1S/C17H22N2O/c1-3-19(15-10-6-5-9-14(15)2)16(20)17(13-18)11-7-4-8-12-17/h5-6,9-10H,3-4,7-8,11-12H2,1-2H3. The van der Waals surface area contributed by atoms with Gasteiger partial charge in [0.05, 0.1) is 6.07 Å². The molecule has 106 valence electrons. The zero-order valence-electron chi connectivity index (χ0n) is 12.4. The second-order valence-corrected chi connectivity index (χ2v) is 5.59. The third-order valence-electron chi connectivity index (χ3n) is 4.30. The molecule has 1 aliphatic rings. The molecule has 1 aliphatic carbocycles. The van der Waals surface area contributed by atoms with Crippen molar-refractivity contribution in [2.45, 2.75) is 46.0 Å². The molecule has 0 radical (unpaired) electrons. The van der Waals surface area contributed by atoms with Crippen LogP contribution in [0.25, 0.3) is 0 Å². The van der Waals surface area contributed by atoms with Crippen molar-refractivity contribution in [1.29, 1.82) is 5.26 Å². The number of carbonyl (C=O) groups excluding carboxylic acids is 1. The summed E-state index contributed by atoms with van der Waals surface area (Å²) in [5.74, 6) is -0.0171. The number of anilines is 1. The number of rotatable bonds is 3. The Morgan fingerprint density at radius 2 is 1.95 bits per heavy atom. The summed E-state index contributed by atoms with van der Waals surface area (Å²) in [7, 11) is 0. The Labute approximate surface area is 121 Å². The Hall–Kier alpha value is -1.82. The van der Waals surface area contributed by atoms with Crippen LogP contribution in [0.2, 0.25) is 0 Å². The van der Waals surface area contributed by atoms with Gasteiger partial charge in [-0.1, -0.05) is 37.5 Å². The minimum atomic E-state index is -0.809. The Balaban J connectivity index is 2.34. The summed E-state index contributed by atoms with van der Waals surface area (Å²) < 4.78 is 0. The van der Waals surface area contributed by atoms with Crippen molar-refractivity contribution in [3.63, 3.8) is 0 Å². The fourth-order valence-corrected chi connectivity index (χ4v) is 3.08. The number of para-hydroxylation sites is 1. The molecule has 0 aliphatic heterocycles. The molecule has 20 heavy (non-hydrogen) atoms. The van der Waals surface area contributed by atoms with Gasteiger partial charge in [0.25, 0.3) is 0 Å². The molecule has 2 rings (SSSR count). The van der Waals surface area contributed by atoms with Gasteiger partial charge in [-0.15, -0.1) is 0 Å². The van der Waals surface area contributed by atoms with Crippen molar-refractivity contribution >= 4 is 11.6 Å². The first-order chi connectivity index (χ1) is 9.64. The second kappa shape index (κ2) is 6.09. The summed E-state index contributed by atoms with van der Waals surface area (Å²) in [6.45, 7) is 4.58. The summed E-state index contributed by atoms with van der Waals surface area (Å²) in [4.78, 5) is 14.7. The average Bonchev–Trinajstić information content (AvgIpc) is 2.50. The van der Waals surface area contributed by atoms with Gasteiger partial charge in [0.15, 0.2) is 0 Å². The number of benzene rings is 1. The van der Waals surface area contributed by atoms with Crippen LogP contribution < -0.4 is 4.90 Å². The summed E-state index contributed by atoms with van der Waals surface area (Å²) in [5, 5.41) is 9.58. The molecular weight excluding hydrogens is 248 g/mol. The maximum Gasteiger partial charge on any atom is 0.247 e. The fraction of sp³-hybridized carbons (Fsp3) is 0.529. The predicted octanol–water partition coefficient (Wildman–Crippen LogP) is 3.82. The van der Waals surface area contributed by atoms with Gasteiger partial charge < -0.3 is 4.90 Å². The lowest BCUT2D eigenvalue weighted by Gasteiger charge is -2.35. The molecule has 0 heterocycles. The Morgan fingerprint density at radius 3 is 2.50 bits per heavy atom. The molecular formula is C17H22N2O. The highest BCUT2D eigenvalue weighted by Crippen LogP contribution is 2.38. The van der Waals surface area contributed by atoms with E-state index in [4.69, 9.17) is 0 Å². The highest BCUT2D eigenvalue weighted by atomic mass is 16.2. The van der Waals surface area contributed by atoms with Crippen molar-refractivity contribution < 1.29 is 4.79 Å². The fourth-order valence-electron chi connectivity index (χ4n) is 3.08. The minimum Gasteiger partial charge on any atom is -0.311 e. The van der Waals surface area contributed by atoms with Crippen LogP contribution in [0.1, 0.15) is 44.6 Å². The van der Waals surface area contributed by atoms with Gasteiger partial charge in [0.2, 0.25) is 5.91 Å². The van der Waals surface area contributed by atoms with E-state index in [1.54, 1.807) is 4.90 Å². The molecule has 1 saturated carbocycles. The van der Waals surface area contributed by atoms with E-state index < -0.39 is 5.41 Å². The second-order valence-electron chi connectivity index (χ2n) is 5.59. The molecule has 1 fully saturated rings. The SMILES string of the molecule is CCN(C(=O)C1(C#N)CCCCC1)c1ccccc1C. The van der Waals surface area contributed by atoms with E-state index in [9.17, 15) is 10.1 Å². The van der Waals surface area contributed by atoms with Crippen LogP contribution in [0.4, 0.5) is 5.69 Å². The number of amides is 1. The van der Waals surface area contributed by atoms with Gasteiger partial charge in [0.1, 0.15) is 5.41 Å². The number of hydrogen-bond donors (Lipinski definition) is 0. The van der Waals surface area contributed by atoms with Crippen molar-refractivity contribution in [1.82, 2.24) is 0 Å². The van der Waals surface area contributed by atoms with Crippen LogP contribution >= 0.6 is 0 Å². The molecule has 0 spiro atoms. The molecule has 3 heteroatoms. The van der Waals surface area contributed by atoms with Crippen LogP contribution in [0.5, 0.6) is 0 Å². The van der Waals surface area contributed by atoms with Crippen LogP contribution in [0.15, 0.2) is 24.3 Å². The number of carbonyl (C=O) groups is 1. The average molecular weight is 270 g/mol. The van der Waals surface area contributed by atoms with E-state index in [2.05, 4.69) is 6.07 Å². The molecule has 0 saturated heterocycles. The molecule has 0 N–H and O–H groups in total. The molecule has 0 aromatic heterocycles. The van der Waals surface area contributed by atoms with E-state index in [1.165, 1.54) is 0 Å². The van der Waals surface area contributed by atoms with E-state index >= 15 is 0 Å². The third-order valence-corrected chi connectivity index (χ3v) is 4.30. The molecule has 3 nitrogen and oxygen atoms in total. The zero-order chi connectivity index (χ0) is 14.6. The van der Waals surface area contributed by atoms with Gasteiger partial charge >= 0.3 is 0 Å². The topological polar surface area (TPSA) is 44.1 Å². The van der Waals surface area contributed by atoms with Crippen LogP contribution in [0, 0.1) is 23.7 Å². The predicted molar refractivity (Wildman–Crippen MR) is 80.3 cm³/mol. The number of hydrogen-bond acceptors (Lipinski definition) is 2. The first-order valence-electron chi connectivity index (χ1n) is 7.43. The molecule has 1 amide bonds. The molecule has 1 aromatic carbocycles. The lowest BCUT2D eigenvalue weighted by Crippen LogP contribution is -2.44. The van der Waals surface area contributed by atoms with Crippen LogP contribution in [-0.4, -0.2) is 12.5 Å². The summed E-state index contributed by atoms with van der Waals surface area (Å²) >= 11 is 0.